The summed E-state index contributed by atoms with van der Waals surface area (Å²) in [5, 5.41) is 4.41. The monoisotopic (exact) mass is 317 g/mol. The van der Waals surface area contributed by atoms with Crippen molar-refractivity contribution in [3.8, 4) is 0 Å². The Bertz CT molecular complexity index is 620. The number of hydrogen-bond donors (Lipinski definition) is 0. The second-order valence-corrected chi connectivity index (χ2v) is 6.14. The predicted octanol–water partition coefficient (Wildman–Crippen LogP) is 1.84. The molecule has 126 valence electrons. The smallest absolute Gasteiger partial charge is 0.157 e. The molecule has 2 aromatic heterocycles. The van der Waals surface area contributed by atoms with E-state index in [0.717, 1.165) is 56.4 Å². The molecule has 0 amide bonds. The zero-order chi connectivity index (χ0) is 16.1. The summed E-state index contributed by atoms with van der Waals surface area (Å²) in [6.45, 7) is 8.27. The molecule has 6 nitrogen and oxygen atoms in total. The largest absolute Gasteiger partial charge is 0.379 e. The number of hydrogen-bond acceptors (Lipinski definition) is 5. The molecular formula is C17H27N5O. The van der Waals surface area contributed by atoms with E-state index in [1.807, 2.05) is 16.8 Å². The molecule has 0 saturated carbocycles. The maximum Gasteiger partial charge on any atom is 0.157 e. The van der Waals surface area contributed by atoms with E-state index < -0.39 is 0 Å². The predicted molar refractivity (Wildman–Crippen MR) is 92.1 cm³/mol. The normalized spacial score (nSPS) is 16.1. The Morgan fingerprint density at radius 3 is 2.87 bits per heavy atom. The van der Waals surface area contributed by atoms with Gasteiger partial charge in [-0.2, -0.15) is 9.61 Å². The Morgan fingerprint density at radius 2 is 2.09 bits per heavy atom. The third kappa shape index (κ3) is 4.00. The zero-order valence-corrected chi connectivity index (χ0v) is 14.2. The van der Waals surface area contributed by atoms with Crippen molar-refractivity contribution in [1.29, 1.82) is 0 Å². The summed E-state index contributed by atoms with van der Waals surface area (Å²) in [5.74, 6) is 1.13. The molecule has 1 aliphatic rings. The fourth-order valence-corrected chi connectivity index (χ4v) is 3.02. The van der Waals surface area contributed by atoms with E-state index >= 15 is 0 Å². The van der Waals surface area contributed by atoms with Crippen LogP contribution in [0.25, 0.3) is 5.65 Å². The van der Waals surface area contributed by atoms with Gasteiger partial charge in [0.25, 0.3) is 0 Å². The van der Waals surface area contributed by atoms with E-state index in [2.05, 4.69) is 39.9 Å². The van der Waals surface area contributed by atoms with Crippen molar-refractivity contribution in [2.75, 3.05) is 51.3 Å². The maximum absolute atomic E-state index is 5.39. The van der Waals surface area contributed by atoms with Crippen molar-refractivity contribution < 1.29 is 4.74 Å². The molecule has 1 saturated heterocycles. The number of aromatic nitrogens is 3. The molecule has 0 aromatic carbocycles. The van der Waals surface area contributed by atoms with Gasteiger partial charge in [-0.3, -0.25) is 4.90 Å². The van der Waals surface area contributed by atoms with Crippen LogP contribution in [0.5, 0.6) is 0 Å². The van der Waals surface area contributed by atoms with Gasteiger partial charge in [0.15, 0.2) is 5.65 Å². The van der Waals surface area contributed by atoms with Gasteiger partial charge in [-0.1, -0.05) is 6.92 Å². The molecule has 0 unspecified atom stereocenters. The lowest BCUT2D eigenvalue weighted by Gasteiger charge is -2.27. The third-order valence-electron chi connectivity index (χ3n) is 4.47. The van der Waals surface area contributed by atoms with E-state index in [-0.39, 0.29) is 0 Å². The number of nitrogens with zero attached hydrogens (tertiary/aromatic N) is 5. The van der Waals surface area contributed by atoms with Gasteiger partial charge in [0.2, 0.25) is 0 Å². The lowest BCUT2D eigenvalue weighted by molar-refractivity contribution is 0.0372. The Hall–Kier alpha value is -1.66. The average molecular weight is 317 g/mol. The van der Waals surface area contributed by atoms with Crippen LogP contribution < -0.4 is 4.90 Å². The van der Waals surface area contributed by atoms with Gasteiger partial charge < -0.3 is 9.64 Å². The zero-order valence-electron chi connectivity index (χ0n) is 14.2. The maximum atomic E-state index is 5.39. The Labute approximate surface area is 138 Å². The first-order valence-electron chi connectivity index (χ1n) is 8.63. The Balaban J connectivity index is 1.55. The summed E-state index contributed by atoms with van der Waals surface area (Å²) >= 11 is 0. The van der Waals surface area contributed by atoms with E-state index in [0.29, 0.717) is 0 Å². The molecule has 0 bridgehead atoms. The number of fused-ring (bicyclic) bond motifs is 1. The van der Waals surface area contributed by atoms with Gasteiger partial charge in [-0.05, 0) is 25.8 Å². The average Bonchev–Trinajstić information content (AvgIpc) is 3.07. The van der Waals surface area contributed by atoms with E-state index in [9.17, 15) is 0 Å². The topological polar surface area (TPSA) is 45.9 Å². The van der Waals surface area contributed by atoms with Crippen LogP contribution in [0.3, 0.4) is 0 Å². The number of aryl methyl sites for hydroxylation is 1. The van der Waals surface area contributed by atoms with Gasteiger partial charge in [0.05, 0.1) is 19.4 Å². The second kappa shape index (κ2) is 7.75. The lowest BCUT2D eigenvalue weighted by Crippen LogP contribution is -2.37. The summed E-state index contributed by atoms with van der Waals surface area (Å²) in [6, 6.07) is 4.12. The van der Waals surface area contributed by atoms with Crippen LogP contribution in [0.1, 0.15) is 25.5 Å². The number of rotatable bonds is 7. The van der Waals surface area contributed by atoms with Gasteiger partial charge in [0.1, 0.15) is 5.82 Å². The molecular weight excluding hydrogens is 290 g/mol. The van der Waals surface area contributed by atoms with Crippen molar-refractivity contribution in [3.63, 3.8) is 0 Å². The highest BCUT2D eigenvalue weighted by atomic mass is 16.5. The molecule has 0 aliphatic carbocycles. The second-order valence-electron chi connectivity index (χ2n) is 6.14. The standard InChI is InChI=1S/C17H27N5O/c1-3-15-14-17(22-16(19-15)6-7-18-22)20(2)8-4-5-9-21-10-12-23-13-11-21/h6-7,14H,3-5,8-13H2,1-2H3. The molecule has 0 radical (unpaired) electrons. The molecule has 23 heavy (non-hydrogen) atoms. The fraction of sp³-hybridized carbons (Fsp3) is 0.647. The van der Waals surface area contributed by atoms with Gasteiger partial charge in [0, 0.05) is 44.5 Å². The first-order chi connectivity index (χ1) is 11.3. The molecule has 2 aromatic rings. The number of ether oxygens (including phenoxy) is 1. The summed E-state index contributed by atoms with van der Waals surface area (Å²) in [5.41, 5.74) is 2.05. The summed E-state index contributed by atoms with van der Waals surface area (Å²) in [6.07, 6.45) is 5.16. The minimum Gasteiger partial charge on any atom is -0.379 e. The third-order valence-corrected chi connectivity index (χ3v) is 4.47. The number of anilines is 1. The van der Waals surface area contributed by atoms with Crippen LogP contribution in [-0.2, 0) is 11.2 Å². The summed E-state index contributed by atoms with van der Waals surface area (Å²) < 4.78 is 7.32. The first-order valence-corrected chi connectivity index (χ1v) is 8.63. The quantitative estimate of drug-likeness (QED) is 0.729. The number of morpholine rings is 1. The first kappa shape index (κ1) is 16.2. The molecule has 0 spiro atoms. The van der Waals surface area contributed by atoms with E-state index in [1.165, 1.54) is 19.4 Å². The minimum absolute atomic E-state index is 0.883. The van der Waals surface area contributed by atoms with E-state index in [4.69, 9.17) is 4.74 Å². The van der Waals surface area contributed by atoms with Crippen LogP contribution in [0.2, 0.25) is 0 Å². The van der Waals surface area contributed by atoms with Crippen molar-refractivity contribution in [3.05, 3.63) is 24.0 Å². The molecule has 6 heteroatoms. The molecule has 3 heterocycles. The molecule has 1 aliphatic heterocycles. The van der Waals surface area contributed by atoms with Crippen LogP contribution in [0.4, 0.5) is 5.82 Å². The van der Waals surface area contributed by atoms with Crippen molar-refractivity contribution in [2.24, 2.45) is 0 Å². The van der Waals surface area contributed by atoms with Gasteiger partial charge in [-0.25, -0.2) is 4.98 Å². The fourth-order valence-electron chi connectivity index (χ4n) is 3.02. The van der Waals surface area contributed by atoms with Crippen LogP contribution in [-0.4, -0.2) is 65.9 Å². The molecule has 0 N–H and O–H groups in total. The van der Waals surface area contributed by atoms with Crippen molar-refractivity contribution >= 4 is 11.5 Å². The number of unbranched alkanes of at least 4 members (excludes halogenated alkanes) is 1. The van der Waals surface area contributed by atoms with Crippen molar-refractivity contribution in [1.82, 2.24) is 19.5 Å². The summed E-state index contributed by atoms with van der Waals surface area (Å²) in [4.78, 5) is 9.40. The van der Waals surface area contributed by atoms with Crippen LogP contribution in [0, 0.1) is 0 Å². The highest BCUT2D eigenvalue weighted by Crippen LogP contribution is 2.17. The molecule has 0 atom stereocenters. The SMILES string of the molecule is CCc1cc(N(C)CCCCN2CCOCC2)n2nccc2n1. The molecule has 3 rings (SSSR count). The van der Waals surface area contributed by atoms with Crippen LogP contribution in [0.15, 0.2) is 18.3 Å². The molecule has 1 fully saturated rings. The van der Waals surface area contributed by atoms with Gasteiger partial charge >= 0.3 is 0 Å². The highest BCUT2D eigenvalue weighted by molar-refractivity contribution is 5.50. The highest BCUT2D eigenvalue weighted by Gasteiger charge is 2.11. The van der Waals surface area contributed by atoms with Gasteiger partial charge in [-0.15, -0.1) is 0 Å². The summed E-state index contributed by atoms with van der Waals surface area (Å²) in [7, 11) is 2.14. The Morgan fingerprint density at radius 1 is 1.26 bits per heavy atom. The van der Waals surface area contributed by atoms with Crippen molar-refractivity contribution in [2.45, 2.75) is 26.2 Å². The minimum atomic E-state index is 0.883. The van der Waals surface area contributed by atoms with E-state index in [1.54, 1.807) is 0 Å². The Kier molecular flexibility index (Phi) is 5.46. The lowest BCUT2D eigenvalue weighted by atomic mass is 10.2. The van der Waals surface area contributed by atoms with Crippen LogP contribution >= 0.6 is 0 Å².